The third-order valence-electron chi connectivity index (χ3n) is 9.32. The number of methoxy groups -OCH3 is 1. The number of hydrogen-bond acceptors (Lipinski definition) is 5. The van der Waals surface area contributed by atoms with Crippen molar-refractivity contribution in [3.05, 3.63) is 138 Å². The molecular weight excluding hydrogens is 554 g/mol. The number of allylic oxidation sites excluding steroid dienone is 2. The van der Waals surface area contributed by atoms with E-state index in [1.54, 1.807) is 17.5 Å². The van der Waals surface area contributed by atoms with E-state index >= 15 is 0 Å². The van der Waals surface area contributed by atoms with Crippen molar-refractivity contribution >= 4 is 15.7 Å². The number of hydrogen-bond donors (Lipinski definition) is 1. The van der Waals surface area contributed by atoms with E-state index in [1.165, 1.54) is 16.7 Å². The minimum atomic E-state index is -3.64. The van der Waals surface area contributed by atoms with E-state index in [1.807, 2.05) is 36.4 Å². The van der Waals surface area contributed by atoms with Crippen molar-refractivity contribution in [1.29, 1.82) is 0 Å². The molecule has 7 heteroatoms. The average Bonchev–Trinajstić information content (AvgIpc) is 3.56. The highest BCUT2D eigenvalue weighted by molar-refractivity contribution is 7.89. The summed E-state index contributed by atoms with van der Waals surface area (Å²) in [5.41, 5.74) is 5.73. The highest BCUT2D eigenvalue weighted by Gasteiger charge is 2.39. The Balaban J connectivity index is 1.11. The number of sulfonamides is 1. The zero-order chi connectivity index (χ0) is 29.4. The zero-order valence-electron chi connectivity index (χ0n) is 24.3. The van der Waals surface area contributed by atoms with Crippen molar-refractivity contribution in [3.8, 4) is 5.75 Å². The molecular formula is C36H37N3O3S. The van der Waals surface area contributed by atoms with Gasteiger partial charge in [0.1, 0.15) is 5.75 Å². The molecule has 1 saturated heterocycles. The molecule has 6 nitrogen and oxygen atoms in total. The first-order chi connectivity index (χ1) is 21.0. The molecule has 3 aliphatic rings. The first-order valence-electron chi connectivity index (χ1n) is 15.1. The molecule has 0 spiro atoms. The van der Waals surface area contributed by atoms with Crippen molar-refractivity contribution in [1.82, 2.24) is 9.21 Å². The molecule has 2 aliphatic heterocycles. The van der Waals surface area contributed by atoms with Crippen LogP contribution in [0.15, 0.2) is 120 Å². The van der Waals surface area contributed by atoms with Gasteiger partial charge in [-0.3, -0.25) is 4.90 Å². The molecule has 220 valence electrons. The second kappa shape index (κ2) is 11.6. The van der Waals surface area contributed by atoms with Crippen LogP contribution in [0.5, 0.6) is 5.75 Å². The van der Waals surface area contributed by atoms with E-state index in [-0.39, 0.29) is 18.0 Å². The third kappa shape index (κ3) is 5.26. The molecule has 43 heavy (non-hydrogen) atoms. The number of rotatable bonds is 7. The minimum absolute atomic E-state index is 0.0896. The first-order valence-corrected chi connectivity index (χ1v) is 16.5. The van der Waals surface area contributed by atoms with E-state index in [4.69, 9.17) is 4.74 Å². The SMILES string of the molecule is COc1ccc(C2Nc3ccc(S(=O)(=O)N4CCN(C(c5ccccc5)c5ccccc5)CC4)cc3C3C=CCC32)cc1. The lowest BCUT2D eigenvalue weighted by Crippen LogP contribution is -2.49. The number of ether oxygens (including phenoxy) is 1. The molecule has 0 bridgehead atoms. The molecule has 7 rings (SSSR count). The maximum Gasteiger partial charge on any atom is 0.243 e. The van der Waals surface area contributed by atoms with Gasteiger partial charge in [-0.15, -0.1) is 0 Å². The predicted molar refractivity (Wildman–Crippen MR) is 171 cm³/mol. The smallest absolute Gasteiger partial charge is 0.243 e. The Hall–Kier alpha value is -3.91. The van der Waals surface area contributed by atoms with E-state index in [9.17, 15) is 8.42 Å². The number of nitrogens with one attached hydrogen (secondary N) is 1. The first kappa shape index (κ1) is 27.9. The van der Waals surface area contributed by atoms with Crippen molar-refractivity contribution in [2.24, 2.45) is 5.92 Å². The van der Waals surface area contributed by atoms with Crippen molar-refractivity contribution < 1.29 is 13.2 Å². The van der Waals surface area contributed by atoms with Gasteiger partial charge in [0.2, 0.25) is 10.0 Å². The summed E-state index contributed by atoms with van der Waals surface area (Å²) in [6.07, 6.45) is 5.44. The van der Waals surface area contributed by atoms with Gasteiger partial charge in [0.05, 0.1) is 24.1 Å². The summed E-state index contributed by atoms with van der Waals surface area (Å²) in [5, 5.41) is 3.73. The summed E-state index contributed by atoms with van der Waals surface area (Å²) in [5.74, 6) is 1.34. The second-order valence-corrected chi connectivity index (χ2v) is 13.6. The Bertz CT molecular complexity index is 1660. The maximum absolute atomic E-state index is 14.0. The summed E-state index contributed by atoms with van der Waals surface area (Å²) in [7, 11) is -1.96. The molecule has 1 N–H and O–H groups in total. The van der Waals surface area contributed by atoms with Crippen molar-refractivity contribution in [3.63, 3.8) is 0 Å². The molecule has 1 aliphatic carbocycles. The quantitative estimate of drug-likeness (QED) is 0.245. The average molecular weight is 592 g/mol. The monoisotopic (exact) mass is 591 g/mol. The number of nitrogens with zero attached hydrogens (tertiary/aromatic N) is 2. The molecule has 1 fully saturated rings. The van der Waals surface area contributed by atoms with Gasteiger partial charge in [-0.2, -0.15) is 4.31 Å². The Labute approximate surface area is 254 Å². The van der Waals surface area contributed by atoms with Gasteiger partial charge in [0.15, 0.2) is 0 Å². The lowest BCUT2D eigenvalue weighted by atomic mass is 9.77. The molecule has 2 heterocycles. The summed E-state index contributed by atoms with van der Waals surface area (Å²) in [6.45, 7) is 2.24. The number of anilines is 1. The fourth-order valence-corrected chi connectivity index (χ4v) is 8.57. The summed E-state index contributed by atoms with van der Waals surface area (Å²) < 4.78 is 35.0. The summed E-state index contributed by atoms with van der Waals surface area (Å²) in [6, 6.07) is 35.1. The lowest BCUT2D eigenvalue weighted by molar-refractivity contribution is 0.156. The summed E-state index contributed by atoms with van der Waals surface area (Å²) in [4.78, 5) is 2.78. The van der Waals surface area contributed by atoms with Crippen molar-refractivity contribution in [2.75, 3.05) is 38.6 Å². The fourth-order valence-electron chi connectivity index (χ4n) is 7.11. The van der Waals surface area contributed by atoms with Crippen LogP contribution < -0.4 is 10.1 Å². The van der Waals surface area contributed by atoms with E-state index in [2.05, 4.69) is 83.0 Å². The largest absolute Gasteiger partial charge is 0.497 e. The van der Waals surface area contributed by atoms with Crippen LogP contribution in [-0.2, 0) is 10.0 Å². The Morgan fingerprint density at radius 2 is 1.47 bits per heavy atom. The third-order valence-corrected chi connectivity index (χ3v) is 11.2. The van der Waals surface area contributed by atoms with Gasteiger partial charge in [0, 0.05) is 37.8 Å². The van der Waals surface area contributed by atoms with E-state index in [0.717, 1.165) is 23.4 Å². The van der Waals surface area contributed by atoms with Gasteiger partial charge >= 0.3 is 0 Å². The minimum Gasteiger partial charge on any atom is -0.497 e. The molecule has 0 amide bonds. The van der Waals surface area contributed by atoms with Gasteiger partial charge < -0.3 is 10.1 Å². The lowest BCUT2D eigenvalue weighted by Gasteiger charge is -2.40. The Kier molecular flexibility index (Phi) is 7.55. The highest BCUT2D eigenvalue weighted by Crippen LogP contribution is 2.50. The van der Waals surface area contributed by atoms with Crippen LogP contribution in [0.1, 0.15) is 46.7 Å². The van der Waals surface area contributed by atoms with Gasteiger partial charge in [-0.05, 0) is 64.9 Å². The zero-order valence-corrected chi connectivity index (χ0v) is 25.2. The molecule has 0 saturated carbocycles. The molecule has 4 aromatic carbocycles. The van der Waals surface area contributed by atoms with Gasteiger partial charge in [0.25, 0.3) is 0 Å². The number of piperazine rings is 1. The Morgan fingerprint density at radius 1 is 0.814 bits per heavy atom. The van der Waals surface area contributed by atoms with Crippen LogP contribution in [0.2, 0.25) is 0 Å². The maximum atomic E-state index is 14.0. The van der Waals surface area contributed by atoms with Crippen LogP contribution in [-0.4, -0.2) is 50.9 Å². The van der Waals surface area contributed by atoms with Crippen LogP contribution in [0.3, 0.4) is 0 Å². The number of benzene rings is 4. The Morgan fingerprint density at radius 3 is 2.09 bits per heavy atom. The van der Waals surface area contributed by atoms with E-state index < -0.39 is 10.0 Å². The van der Waals surface area contributed by atoms with E-state index in [0.29, 0.717) is 37.0 Å². The van der Waals surface area contributed by atoms with Crippen LogP contribution >= 0.6 is 0 Å². The second-order valence-electron chi connectivity index (χ2n) is 11.7. The van der Waals surface area contributed by atoms with Gasteiger partial charge in [-0.25, -0.2) is 8.42 Å². The highest BCUT2D eigenvalue weighted by atomic mass is 32.2. The number of fused-ring (bicyclic) bond motifs is 3. The molecule has 4 aromatic rings. The van der Waals surface area contributed by atoms with Crippen LogP contribution in [0, 0.1) is 5.92 Å². The molecule has 3 unspecified atom stereocenters. The van der Waals surface area contributed by atoms with Gasteiger partial charge in [-0.1, -0.05) is 84.9 Å². The summed E-state index contributed by atoms with van der Waals surface area (Å²) >= 11 is 0. The topological polar surface area (TPSA) is 61.9 Å². The molecule has 3 atom stereocenters. The fraction of sp³-hybridized carbons (Fsp3) is 0.278. The normalized spacial score (nSPS) is 22.1. The van der Waals surface area contributed by atoms with Crippen LogP contribution in [0.25, 0.3) is 0 Å². The standard InChI is InChI=1S/C36H37N3O3S/c1-42-29-17-15-26(16-18-29)35-32-14-8-13-31(32)33-25-30(19-20-34(33)37-35)43(40,41)39-23-21-38(22-24-39)36(27-9-4-2-5-10-27)28-11-6-3-7-12-28/h2-13,15-20,25,31-32,35-37H,14,21-24H2,1H3. The molecule has 0 aromatic heterocycles. The van der Waals surface area contributed by atoms with Crippen molar-refractivity contribution in [2.45, 2.75) is 29.3 Å². The predicted octanol–water partition coefficient (Wildman–Crippen LogP) is 6.62. The molecule has 0 radical (unpaired) electrons. The van der Waals surface area contributed by atoms with Crippen LogP contribution in [0.4, 0.5) is 5.69 Å².